The maximum absolute atomic E-state index is 6.44. The highest BCUT2D eigenvalue weighted by Crippen LogP contribution is 2.43. The Morgan fingerprint density at radius 1 is 0.328 bits per heavy atom. The lowest BCUT2D eigenvalue weighted by Crippen LogP contribution is -2.09. The van der Waals surface area contributed by atoms with Crippen molar-refractivity contribution in [2.75, 3.05) is 4.90 Å². The number of para-hydroxylation sites is 5. The standard InChI is InChI=1S/C54H33N3O/c1-2-11-36(12-3-1)56-48-18-7-5-14-41(48)47-32-38(27-30-50(47)56)55(39-26-29-44-43-15-6-9-20-52(43)58-53(44)33-39)37-24-21-34(22-25-37)35-23-28-42-46-17-10-16-45-40-13-4-8-19-49(40)57(54(45)46)51(42)31-35/h1-33H. The summed E-state index contributed by atoms with van der Waals surface area (Å²) < 4.78 is 11.3. The van der Waals surface area contributed by atoms with Crippen LogP contribution in [0.2, 0.25) is 0 Å². The van der Waals surface area contributed by atoms with Gasteiger partial charge in [0.15, 0.2) is 0 Å². The smallest absolute Gasteiger partial charge is 0.137 e. The molecule has 4 nitrogen and oxygen atoms in total. The van der Waals surface area contributed by atoms with Crippen molar-refractivity contribution in [3.05, 3.63) is 200 Å². The zero-order chi connectivity index (χ0) is 37.9. The van der Waals surface area contributed by atoms with Gasteiger partial charge in [-0.25, -0.2) is 0 Å². The third kappa shape index (κ3) is 4.40. The fraction of sp³-hybridized carbons (Fsp3) is 0. The molecule has 270 valence electrons. The first kappa shape index (κ1) is 31.4. The number of fused-ring (bicyclic) bond motifs is 12. The summed E-state index contributed by atoms with van der Waals surface area (Å²) in [5, 5.41) is 9.84. The Morgan fingerprint density at radius 3 is 1.72 bits per heavy atom. The molecule has 0 aliphatic heterocycles. The van der Waals surface area contributed by atoms with Gasteiger partial charge in [-0.1, -0.05) is 115 Å². The van der Waals surface area contributed by atoms with Crippen LogP contribution in [-0.4, -0.2) is 8.97 Å². The van der Waals surface area contributed by atoms with Gasteiger partial charge in [0.2, 0.25) is 0 Å². The minimum Gasteiger partial charge on any atom is -0.456 e. The van der Waals surface area contributed by atoms with E-state index in [0.29, 0.717) is 0 Å². The molecule has 0 fully saturated rings. The molecule has 58 heavy (non-hydrogen) atoms. The van der Waals surface area contributed by atoms with Crippen LogP contribution in [0.4, 0.5) is 17.1 Å². The Bertz CT molecular complexity index is 3740. The number of hydrogen-bond acceptors (Lipinski definition) is 2. The second-order valence-electron chi connectivity index (χ2n) is 15.3. The molecule has 0 aliphatic rings. The molecule has 4 heteroatoms. The summed E-state index contributed by atoms with van der Waals surface area (Å²) >= 11 is 0. The first-order chi connectivity index (χ1) is 28.8. The van der Waals surface area contributed by atoms with E-state index in [9.17, 15) is 0 Å². The summed E-state index contributed by atoms with van der Waals surface area (Å²) in [5.41, 5.74) is 14.6. The van der Waals surface area contributed by atoms with Gasteiger partial charge in [-0.3, -0.25) is 0 Å². The van der Waals surface area contributed by atoms with Gasteiger partial charge >= 0.3 is 0 Å². The summed E-state index contributed by atoms with van der Waals surface area (Å²) in [6.45, 7) is 0. The van der Waals surface area contributed by atoms with Crippen LogP contribution in [0.5, 0.6) is 0 Å². The Morgan fingerprint density at radius 2 is 0.897 bits per heavy atom. The summed E-state index contributed by atoms with van der Waals surface area (Å²) in [4.78, 5) is 2.35. The molecular formula is C54H33N3O. The van der Waals surface area contributed by atoms with Crippen LogP contribution in [0.25, 0.3) is 98.7 Å². The molecule has 9 aromatic carbocycles. The number of aromatic nitrogens is 2. The van der Waals surface area contributed by atoms with Gasteiger partial charge in [-0.15, -0.1) is 0 Å². The van der Waals surface area contributed by atoms with Crippen molar-refractivity contribution >= 4 is 98.9 Å². The summed E-state index contributed by atoms with van der Waals surface area (Å²) in [6.07, 6.45) is 0. The molecule has 0 unspecified atom stereocenters. The first-order valence-electron chi connectivity index (χ1n) is 19.8. The Hall–Kier alpha value is -7.82. The highest BCUT2D eigenvalue weighted by atomic mass is 16.3. The molecule has 0 N–H and O–H groups in total. The largest absolute Gasteiger partial charge is 0.456 e. The minimum absolute atomic E-state index is 0.868. The van der Waals surface area contributed by atoms with E-state index in [4.69, 9.17) is 4.42 Å². The Kier molecular flexibility index (Phi) is 6.41. The van der Waals surface area contributed by atoms with Crippen molar-refractivity contribution in [3.8, 4) is 16.8 Å². The van der Waals surface area contributed by atoms with E-state index >= 15 is 0 Å². The van der Waals surface area contributed by atoms with Gasteiger partial charge in [-0.05, 0) is 90.0 Å². The molecule has 0 atom stereocenters. The highest BCUT2D eigenvalue weighted by molar-refractivity contribution is 6.23. The zero-order valence-corrected chi connectivity index (χ0v) is 31.3. The lowest BCUT2D eigenvalue weighted by Gasteiger charge is -2.26. The molecule has 0 spiro atoms. The second kappa shape index (κ2) is 11.8. The number of rotatable bonds is 5. The predicted octanol–water partition coefficient (Wildman–Crippen LogP) is 15.0. The van der Waals surface area contributed by atoms with Crippen LogP contribution in [0.1, 0.15) is 0 Å². The Balaban J connectivity index is 0.983. The molecule has 0 saturated carbocycles. The maximum atomic E-state index is 6.44. The molecular weight excluding hydrogens is 707 g/mol. The van der Waals surface area contributed by atoms with E-state index in [-0.39, 0.29) is 0 Å². The molecule has 13 aromatic rings. The number of furan rings is 1. The number of nitrogens with zero attached hydrogens (tertiary/aromatic N) is 3. The monoisotopic (exact) mass is 739 g/mol. The zero-order valence-electron chi connectivity index (χ0n) is 31.3. The van der Waals surface area contributed by atoms with Crippen LogP contribution in [0.3, 0.4) is 0 Å². The van der Waals surface area contributed by atoms with E-state index in [1.807, 2.05) is 12.1 Å². The molecule has 0 bridgehead atoms. The van der Waals surface area contributed by atoms with Crippen LogP contribution >= 0.6 is 0 Å². The van der Waals surface area contributed by atoms with E-state index in [1.165, 1.54) is 71.0 Å². The average Bonchev–Trinajstić information content (AvgIpc) is 4.02. The summed E-state index contributed by atoms with van der Waals surface area (Å²) in [6, 6.07) is 72.5. The molecule has 13 rings (SSSR count). The SMILES string of the molecule is c1ccc(-n2c3ccccc3c3cc(N(c4ccc(-c5ccc6c7cccc8c9ccccc9n(c6c5)c87)cc4)c4ccc5c(c4)oc4ccccc45)ccc32)cc1. The second-order valence-corrected chi connectivity index (χ2v) is 15.3. The fourth-order valence-electron chi connectivity index (χ4n) is 9.67. The Labute approximate surface area is 333 Å². The van der Waals surface area contributed by atoms with Crippen molar-refractivity contribution in [2.24, 2.45) is 0 Å². The van der Waals surface area contributed by atoms with Gasteiger partial charge < -0.3 is 18.3 Å². The van der Waals surface area contributed by atoms with Gasteiger partial charge in [0, 0.05) is 71.9 Å². The predicted molar refractivity (Wildman–Crippen MR) is 243 cm³/mol. The molecule has 0 aliphatic carbocycles. The normalized spacial score (nSPS) is 12.1. The first-order valence-corrected chi connectivity index (χ1v) is 19.8. The third-order valence-electron chi connectivity index (χ3n) is 12.2. The lowest BCUT2D eigenvalue weighted by molar-refractivity contribution is 0.669. The molecule has 0 amide bonds. The van der Waals surface area contributed by atoms with Gasteiger partial charge in [0.25, 0.3) is 0 Å². The van der Waals surface area contributed by atoms with Gasteiger partial charge in [0.05, 0.1) is 27.6 Å². The molecule has 0 saturated heterocycles. The van der Waals surface area contributed by atoms with E-state index < -0.39 is 0 Å². The summed E-state index contributed by atoms with van der Waals surface area (Å²) in [7, 11) is 0. The van der Waals surface area contributed by atoms with E-state index in [0.717, 1.165) is 44.7 Å². The maximum Gasteiger partial charge on any atom is 0.137 e. The van der Waals surface area contributed by atoms with Crippen molar-refractivity contribution in [3.63, 3.8) is 0 Å². The molecule has 0 radical (unpaired) electrons. The van der Waals surface area contributed by atoms with Crippen molar-refractivity contribution in [1.82, 2.24) is 8.97 Å². The van der Waals surface area contributed by atoms with E-state index in [1.54, 1.807) is 0 Å². The molecule has 4 aromatic heterocycles. The van der Waals surface area contributed by atoms with Crippen molar-refractivity contribution in [1.29, 1.82) is 0 Å². The summed E-state index contributed by atoms with van der Waals surface area (Å²) in [5.74, 6) is 0. The van der Waals surface area contributed by atoms with Crippen LogP contribution in [-0.2, 0) is 0 Å². The van der Waals surface area contributed by atoms with Gasteiger partial charge in [0.1, 0.15) is 11.2 Å². The number of hydrogen-bond donors (Lipinski definition) is 0. The minimum atomic E-state index is 0.868. The highest BCUT2D eigenvalue weighted by Gasteiger charge is 2.20. The average molecular weight is 740 g/mol. The third-order valence-corrected chi connectivity index (χ3v) is 12.2. The topological polar surface area (TPSA) is 25.7 Å². The lowest BCUT2D eigenvalue weighted by atomic mass is 10.0. The van der Waals surface area contributed by atoms with Crippen LogP contribution in [0.15, 0.2) is 205 Å². The number of benzene rings is 9. The fourth-order valence-corrected chi connectivity index (χ4v) is 9.67. The van der Waals surface area contributed by atoms with Crippen LogP contribution < -0.4 is 4.90 Å². The molecule has 4 heterocycles. The quantitative estimate of drug-likeness (QED) is 0.176. The van der Waals surface area contributed by atoms with E-state index in [2.05, 4.69) is 202 Å². The van der Waals surface area contributed by atoms with Gasteiger partial charge in [-0.2, -0.15) is 0 Å². The van der Waals surface area contributed by atoms with Crippen molar-refractivity contribution < 1.29 is 4.42 Å². The van der Waals surface area contributed by atoms with Crippen molar-refractivity contribution in [2.45, 2.75) is 0 Å². The number of anilines is 3. The van der Waals surface area contributed by atoms with Crippen LogP contribution in [0, 0.1) is 0 Å².